The van der Waals surface area contributed by atoms with Gasteiger partial charge < -0.3 is 11.1 Å². The van der Waals surface area contributed by atoms with Gasteiger partial charge in [0.1, 0.15) is 0 Å². The maximum absolute atomic E-state index is 12.7. The Morgan fingerprint density at radius 3 is 2.50 bits per heavy atom. The first-order valence-electron chi connectivity index (χ1n) is 7.51. The lowest BCUT2D eigenvalue weighted by Crippen LogP contribution is -2.33. The van der Waals surface area contributed by atoms with Crippen LogP contribution < -0.4 is 11.1 Å². The topological polar surface area (TPSA) is 92.5 Å². The largest absolute Gasteiger partial charge is 0.355 e. The smallest absolute Gasteiger partial charge is 0.251 e. The molecule has 0 bridgehead atoms. The summed E-state index contributed by atoms with van der Waals surface area (Å²) < 4.78 is 27.0. The Hall–Kier alpha value is -1.44. The van der Waals surface area contributed by atoms with Gasteiger partial charge in [-0.25, -0.2) is 8.42 Å². The average molecular weight is 323 g/mol. The highest BCUT2D eigenvalue weighted by atomic mass is 32.2. The summed E-state index contributed by atoms with van der Waals surface area (Å²) in [5.41, 5.74) is 6.51. The van der Waals surface area contributed by atoms with Crippen molar-refractivity contribution in [2.75, 3.05) is 20.1 Å². The number of nitrogens with one attached hydrogen (secondary N) is 1. The van der Waals surface area contributed by atoms with Crippen molar-refractivity contribution in [1.82, 2.24) is 9.62 Å². The van der Waals surface area contributed by atoms with E-state index in [0.29, 0.717) is 24.6 Å². The standard InChI is InChI=1S/C15H21N3O3S/c1-17-15(19)10-2-5-12(6-3-10)22(20,21)18-8-11-4-7-14(16)13(11)9-18/h2-3,5-6,11,13-14H,4,7-9,16H2,1H3,(H,17,19). The van der Waals surface area contributed by atoms with E-state index in [9.17, 15) is 13.2 Å². The Morgan fingerprint density at radius 2 is 1.91 bits per heavy atom. The van der Waals surface area contributed by atoms with Gasteiger partial charge in [-0.1, -0.05) is 0 Å². The summed E-state index contributed by atoms with van der Waals surface area (Å²) in [6.07, 6.45) is 2.00. The Balaban J connectivity index is 1.80. The Morgan fingerprint density at radius 1 is 1.23 bits per heavy atom. The van der Waals surface area contributed by atoms with Gasteiger partial charge in [0, 0.05) is 31.7 Å². The van der Waals surface area contributed by atoms with Gasteiger partial charge in [-0.3, -0.25) is 4.79 Å². The minimum absolute atomic E-state index is 0.112. The number of amides is 1. The first-order valence-corrected chi connectivity index (χ1v) is 8.95. The molecule has 1 saturated heterocycles. The van der Waals surface area contributed by atoms with Crippen LogP contribution in [0.2, 0.25) is 0 Å². The molecule has 120 valence electrons. The van der Waals surface area contributed by atoms with E-state index in [-0.39, 0.29) is 22.8 Å². The van der Waals surface area contributed by atoms with Crippen LogP contribution in [-0.4, -0.2) is 44.8 Å². The second-order valence-electron chi connectivity index (χ2n) is 6.09. The Bertz CT molecular complexity index is 672. The van der Waals surface area contributed by atoms with Crippen molar-refractivity contribution in [2.45, 2.75) is 23.8 Å². The van der Waals surface area contributed by atoms with Gasteiger partial charge >= 0.3 is 0 Å². The first kappa shape index (κ1) is 15.5. The van der Waals surface area contributed by atoms with Gasteiger partial charge in [-0.15, -0.1) is 0 Å². The van der Waals surface area contributed by atoms with E-state index < -0.39 is 10.0 Å². The fourth-order valence-electron chi connectivity index (χ4n) is 3.53. The second-order valence-corrected chi connectivity index (χ2v) is 8.03. The third-order valence-electron chi connectivity index (χ3n) is 4.86. The highest BCUT2D eigenvalue weighted by Crippen LogP contribution is 2.39. The SMILES string of the molecule is CNC(=O)c1ccc(S(=O)(=O)N2CC3CCC(N)C3C2)cc1. The molecular weight excluding hydrogens is 302 g/mol. The van der Waals surface area contributed by atoms with Crippen molar-refractivity contribution >= 4 is 15.9 Å². The van der Waals surface area contributed by atoms with Crippen LogP contribution in [0.25, 0.3) is 0 Å². The van der Waals surface area contributed by atoms with Gasteiger partial charge in [0.15, 0.2) is 0 Å². The van der Waals surface area contributed by atoms with Crippen molar-refractivity contribution in [3.8, 4) is 0 Å². The van der Waals surface area contributed by atoms with Crippen LogP contribution in [0.15, 0.2) is 29.2 Å². The summed E-state index contributed by atoms with van der Waals surface area (Å²) >= 11 is 0. The lowest BCUT2D eigenvalue weighted by Gasteiger charge is -2.18. The minimum Gasteiger partial charge on any atom is -0.355 e. The van der Waals surface area contributed by atoms with E-state index >= 15 is 0 Å². The molecule has 3 rings (SSSR count). The third-order valence-corrected chi connectivity index (χ3v) is 6.71. The third kappa shape index (κ3) is 2.53. The number of benzene rings is 1. The number of sulfonamides is 1. The Labute approximate surface area is 130 Å². The quantitative estimate of drug-likeness (QED) is 0.842. The monoisotopic (exact) mass is 323 g/mol. The zero-order chi connectivity index (χ0) is 15.9. The maximum atomic E-state index is 12.7. The molecule has 1 aromatic rings. The van der Waals surface area contributed by atoms with Gasteiger partial charge in [0.05, 0.1) is 4.90 Å². The molecule has 3 N–H and O–H groups in total. The number of hydrogen-bond acceptors (Lipinski definition) is 4. The van der Waals surface area contributed by atoms with Crippen LogP contribution in [0, 0.1) is 11.8 Å². The molecule has 0 aromatic heterocycles. The fraction of sp³-hybridized carbons (Fsp3) is 0.533. The van der Waals surface area contributed by atoms with Crippen molar-refractivity contribution in [2.24, 2.45) is 17.6 Å². The molecule has 3 unspecified atom stereocenters. The van der Waals surface area contributed by atoms with Crippen LogP contribution in [0.5, 0.6) is 0 Å². The first-order chi connectivity index (χ1) is 10.4. The zero-order valence-corrected chi connectivity index (χ0v) is 13.3. The molecule has 22 heavy (non-hydrogen) atoms. The highest BCUT2D eigenvalue weighted by molar-refractivity contribution is 7.89. The van der Waals surface area contributed by atoms with E-state index in [1.165, 1.54) is 28.6 Å². The van der Waals surface area contributed by atoms with Crippen LogP contribution in [-0.2, 0) is 10.0 Å². The van der Waals surface area contributed by atoms with Gasteiger partial charge in [0.25, 0.3) is 5.91 Å². The maximum Gasteiger partial charge on any atom is 0.251 e. The van der Waals surface area contributed by atoms with Gasteiger partial charge in [0.2, 0.25) is 10.0 Å². The van der Waals surface area contributed by atoms with Crippen molar-refractivity contribution in [1.29, 1.82) is 0 Å². The molecule has 0 spiro atoms. The normalized spacial score (nSPS) is 28.5. The van der Waals surface area contributed by atoms with Crippen molar-refractivity contribution < 1.29 is 13.2 Å². The predicted octanol–water partition coefficient (Wildman–Crippen LogP) is 0.404. The lowest BCUT2D eigenvalue weighted by atomic mass is 9.98. The lowest BCUT2D eigenvalue weighted by molar-refractivity contribution is 0.0963. The summed E-state index contributed by atoms with van der Waals surface area (Å²) in [5.74, 6) is 0.431. The number of carbonyl (C=O) groups excluding carboxylic acids is 1. The molecular formula is C15H21N3O3S. The summed E-state index contributed by atoms with van der Waals surface area (Å²) in [6.45, 7) is 1.06. The molecule has 1 saturated carbocycles. The summed E-state index contributed by atoms with van der Waals surface area (Å²) in [4.78, 5) is 11.7. The number of hydrogen-bond donors (Lipinski definition) is 2. The number of rotatable bonds is 3. The molecule has 1 aliphatic carbocycles. The minimum atomic E-state index is -3.51. The van der Waals surface area contributed by atoms with Gasteiger partial charge in [-0.2, -0.15) is 4.31 Å². The summed E-state index contributed by atoms with van der Waals surface area (Å²) in [5, 5.41) is 2.51. The molecule has 3 atom stereocenters. The van der Waals surface area contributed by atoms with E-state index in [2.05, 4.69) is 5.32 Å². The van der Waals surface area contributed by atoms with E-state index in [1.807, 2.05) is 0 Å². The zero-order valence-electron chi connectivity index (χ0n) is 12.5. The molecule has 7 heteroatoms. The van der Waals surface area contributed by atoms with Crippen molar-refractivity contribution in [3.63, 3.8) is 0 Å². The molecule has 1 aliphatic heterocycles. The van der Waals surface area contributed by atoms with Crippen LogP contribution in [0.4, 0.5) is 0 Å². The average Bonchev–Trinajstić information content (AvgIpc) is 3.09. The van der Waals surface area contributed by atoms with Crippen LogP contribution in [0.3, 0.4) is 0 Å². The number of carbonyl (C=O) groups is 1. The van der Waals surface area contributed by atoms with Gasteiger partial charge in [-0.05, 0) is 48.9 Å². The van der Waals surface area contributed by atoms with E-state index in [0.717, 1.165) is 12.8 Å². The summed E-state index contributed by atoms with van der Waals surface area (Å²) in [7, 11) is -1.97. The molecule has 1 aromatic carbocycles. The van der Waals surface area contributed by atoms with E-state index in [4.69, 9.17) is 5.73 Å². The summed E-state index contributed by atoms with van der Waals surface area (Å²) in [6, 6.07) is 6.17. The molecule has 2 fully saturated rings. The van der Waals surface area contributed by atoms with Crippen molar-refractivity contribution in [3.05, 3.63) is 29.8 Å². The molecule has 1 amide bonds. The molecule has 6 nitrogen and oxygen atoms in total. The molecule has 2 aliphatic rings. The second kappa shape index (κ2) is 5.64. The molecule has 0 radical (unpaired) electrons. The number of nitrogens with zero attached hydrogens (tertiary/aromatic N) is 1. The van der Waals surface area contributed by atoms with Crippen LogP contribution >= 0.6 is 0 Å². The van der Waals surface area contributed by atoms with E-state index in [1.54, 1.807) is 7.05 Å². The number of nitrogens with two attached hydrogens (primary N) is 1. The Kier molecular flexibility index (Phi) is 3.96. The number of fused-ring (bicyclic) bond motifs is 1. The predicted molar refractivity (Wildman–Crippen MR) is 82.8 cm³/mol. The fourth-order valence-corrected chi connectivity index (χ4v) is 5.07. The van der Waals surface area contributed by atoms with Crippen LogP contribution in [0.1, 0.15) is 23.2 Å². The highest BCUT2D eigenvalue weighted by Gasteiger charge is 2.44. The molecule has 1 heterocycles.